The van der Waals surface area contributed by atoms with Gasteiger partial charge in [0, 0.05) is 11.4 Å². The number of benzene rings is 1. The van der Waals surface area contributed by atoms with Crippen molar-refractivity contribution in [2.45, 2.75) is 19.4 Å². The zero-order valence-corrected chi connectivity index (χ0v) is 9.74. The van der Waals surface area contributed by atoms with Crippen LogP contribution in [0.4, 0.5) is 0 Å². The number of hydrogen-bond acceptors (Lipinski definition) is 2. The fraction of sp³-hybridized carbons (Fsp3) is 0.231. The molecule has 0 aliphatic heterocycles. The first kappa shape index (κ1) is 11.2. The third-order valence-electron chi connectivity index (χ3n) is 2.41. The summed E-state index contributed by atoms with van der Waals surface area (Å²) in [5.74, 6) is 1.40. The van der Waals surface area contributed by atoms with Gasteiger partial charge in [-0.05, 0) is 36.8 Å². The van der Waals surface area contributed by atoms with E-state index < -0.39 is 6.10 Å². The van der Waals surface area contributed by atoms with Gasteiger partial charge >= 0.3 is 0 Å². The van der Waals surface area contributed by atoms with Crippen molar-refractivity contribution < 1.29 is 9.52 Å². The van der Waals surface area contributed by atoms with E-state index in [2.05, 4.69) is 0 Å². The topological polar surface area (TPSA) is 33.4 Å². The van der Waals surface area contributed by atoms with Crippen LogP contribution in [0.5, 0.6) is 0 Å². The second kappa shape index (κ2) is 4.73. The quantitative estimate of drug-likeness (QED) is 0.885. The predicted octanol–water partition coefficient (Wildman–Crippen LogP) is 3.52. The van der Waals surface area contributed by atoms with Gasteiger partial charge in [-0.3, -0.25) is 0 Å². The molecule has 84 valence electrons. The van der Waals surface area contributed by atoms with E-state index in [0.717, 1.165) is 11.3 Å². The van der Waals surface area contributed by atoms with Crippen LogP contribution in [-0.2, 0) is 6.42 Å². The van der Waals surface area contributed by atoms with Gasteiger partial charge in [0.1, 0.15) is 17.6 Å². The highest BCUT2D eigenvalue weighted by Crippen LogP contribution is 2.21. The molecule has 1 heterocycles. The van der Waals surface area contributed by atoms with Crippen LogP contribution >= 0.6 is 11.6 Å². The van der Waals surface area contributed by atoms with Crippen LogP contribution in [0.15, 0.2) is 40.8 Å². The van der Waals surface area contributed by atoms with E-state index in [-0.39, 0.29) is 0 Å². The molecule has 0 fully saturated rings. The van der Waals surface area contributed by atoms with Gasteiger partial charge in [0.05, 0.1) is 0 Å². The molecule has 0 saturated heterocycles. The Morgan fingerprint density at radius 2 is 2.12 bits per heavy atom. The Labute approximate surface area is 99.5 Å². The van der Waals surface area contributed by atoms with E-state index in [1.54, 1.807) is 6.07 Å². The molecule has 1 unspecified atom stereocenters. The Balaban J connectivity index is 2.10. The Bertz CT molecular complexity index is 476. The molecule has 2 nitrogen and oxygen atoms in total. The summed E-state index contributed by atoms with van der Waals surface area (Å²) in [4.78, 5) is 0. The number of aryl methyl sites for hydroxylation is 1. The molecular formula is C13H13ClO2. The Morgan fingerprint density at radius 1 is 1.31 bits per heavy atom. The second-order valence-corrected chi connectivity index (χ2v) is 4.23. The summed E-state index contributed by atoms with van der Waals surface area (Å²) in [7, 11) is 0. The molecule has 1 aromatic carbocycles. The highest BCUT2D eigenvalue weighted by atomic mass is 35.5. The van der Waals surface area contributed by atoms with Crippen LogP contribution in [0.2, 0.25) is 5.02 Å². The summed E-state index contributed by atoms with van der Waals surface area (Å²) in [6.07, 6.45) is -0.111. The summed E-state index contributed by atoms with van der Waals surface area (Å²) in [5, 5.41) is 10.6. The summed E-state index contributed by atoms with van der Waals surface area (Å²) in [6.45, 7) is 1.86. The first-order chi connectivity index (χ1) is 7.65. The van der Waals surface area contributed by atoms with Crippen molar-refractivity contribution in [1.29, 1.82) is 0 Å². The molecule has 0 spiro atoms. The average Bonchev–Trinajstić information content (AvgIpc) is 2.65. The zero-order valence-electron chi connectivity index (χ0n) is 8.98. The Kier molecular flexibility index (Phi) is 3.32. The van der Waals surface area contributed by atoms with Crippen molar-refractivity contribution in [3.8, 4) is 0 Å². The molecular weight excluding hydrogens is 224 g/mol. The molecule has 0 saturated carbocycles. The third kappa shape index (κ3) is 2.65. The first-order valence-corrected chi connectivity index (χ1v) is 5.52. The normalized spacial score (nSPS) is 12.7. The highest BCUT2D eigenvalue weighted by Gasteiger charge is 2.12. The van der Waals surface area contributed by atoms with E-state index >= 15 is 0 Å². The molecule has 1 aromatic heterocycles. The molecule has 1 N–H and O–H groups in total. The minimum atomic E-state index is -0.618. The monoisotopic (exact) mass is 236 g/mol. The van der Waals surface area contributed by atoms with Crippen LogP contribution < -0.4 is 0 Å². The van der Waals surface area contributed by atoms with Crippen LogP contribution in [0.3, 0.4) is 0 Å². The molecule has 0 radical (unpaired) electrons. The summed E-state index contributed by atoms with van der Waals surface area (Å²) in [5.41, 5.74) is 0.994. The standard InChI is InChI=1S/C13H13ClO2/c1-9-5-6-13(16-9)12(15)8-10-3-2-4-11(14)7-10/h2-7,12,15H,8H2,1H3. The minimum absolute atomic E-state index is 0.507. The number of rotatable bonds is 3. The van der Waals surface area contributed by atoms with Gasteiger partial charge in [0.15, 0.2) is 0 Å². The van der Waals surface area contributed by atoms with Gasteiger partial charge in [-0.2, -0.15) is 0 Å². The zero-order chi connectivity index (χ0) is 11.5. The molecule has 3 heteroatoms. The van der Waals surface area contributed by atoms with Crippen molar-refractivity contribution in [2.75, 3.05) is 0 Å². The van der Waals surface area contributed by atoms with Crippen LogP contribution in [0, 0.1) is 6.92 Å². The van der Waals surface area contributed by atoms with Crippen molar-refractivity contribution in [3.63, 3.8) is 0 Å². The molecule has 16 heavy (non-hydrogen) atoms. The summed E-state index contributed by atoms with van der Waals surface area (Å²) >= 11 is 5.87. The molecule has 2 aromatic rings. The van der Waals surface area contributed by atoms with E-state index in [9.17, 15) is 5.11 Å². The lowest BCUT2D eigenvalue weighted by molar-refractivity contribution is 0.149. The molecule has 2 rings (SSSR count). The van der Waals surface area contributed by atoms with Crippen LogP contribution in [-0.4, -0.2) is 5.11 Å². The number of aliphatic hydroxyl groups is 1. The fourth-order valence-corrected chi connectivity index (χ4v) is 1.83. The van der Waals surface area contributed by atoms with Crippen LogP contribution in [0.25, 0.3) is 0 Å². The highest BCUT2D eigenvalue weighted by molar-refractivity contribution is 6.30. The SMILES string of the molecule is Cc1ccc(C(O)Cc2cccc(Cl)c2)o1. The van der Waals surface area contributed by atoms with E-state index in [1.165, 1.54) is 0 Å². The Morgan fingerprint density at radius 3 is 2.75 bits per heavy atom. The van der Waals surface area contributed by atoms with Crippen molar-refractivity contribution >= 4 is 11.6 Å². The maximum absolute atomic E-state index is 9.94. The number of aliphatic hydroxyl groups excluding tert-OH is 1. The van der Waals surface area contributed by atoms with Crippen LogP contribution in [0.1, 0.15) is 23.2 Å². The Hall–Kier alpha value is -1.25. The molecule has 0 aliphatic rings. The smallest absolute Gasteiger partial charge is 0.132 e. The van der Waals surface area contributed by atoms with Crippen molar-refractivity contribution in [2.24, 2.45) is 0 Å². The predicted molar refractivity (Wildman–Crippen MR) is 63.6 cm³/mol. The maximum Gasteiger partial charge on any atom is 0.132 e. The lowest BCUT2D eigenvalue weighted by atomic mass is 10.1. The van der Waals surface area contributed by atoms with Crippen molar-refractivity contribution in [3.05, 3.63) is 58.5 Å². The van der Waals surface area contributed by atoms with Gasteiger partial charge < -0.3 is 9.52 Å². The van der Waals surface area contributed by atoms with E-state index in [0.29, 0.717) is 17.2 Å². The number of halogens is 1. The van der Waals surface area contributed by atoms with Gasteiger partial charge in [-0.25, -0.2) is 0 Å². The number of furan rings is 1. The average molecular weight is 237 g/mol. The molecule has 0 bridgehead atoms. The van der Waals surface area contributed by atoms with Gasteiger partial charge in [-0.15, -0.1) is 0 Å². The van der Waals surface area contributed by atoms with Gasteiger partial charge in [-0.1, -0.05) is 23.7 Å². The summed E-state index contributed by atoms with van der Waals surface area (Å²) in [6, 6.07) is 11.1. The largest absolute Gasteiger partial charge is 0.464 e. The first-order valence-electron chi connectivity index (χ1n) is 5.14. The molecule has 0 aliphatic carbocycles. The van der Waals surface area contributed by atoms with Gasteiger partial charge in [0.2, 0.25) is 0 Å². The maximum atomic E-state index is 9.94. The second-order valence-electron chi connectivity index (χ2n) is 3.80. The summed E-state index contributed by atoms with van der Waals surface area (Å²) < 4.78 is 5.36. The van der Waals surface area contributed by atoms with E-state index in [1.807, 2.05) is 37.3 Å². The molecule has 1 atom stereocenters. The lowest BCUT2D eigenvalue weighted by Gasteiger charge is -2.07. The lowest BCUT2D eigenvalue weighted by Crippen LogP contribution is -2.00. The van der Waals surface area contributed by atoms with E-state index in [4.69, 9.17) is 16.0 Å². The fourth-order valence-electron chi connectivity index (χ4n) is 1.62. The number of hydrogen-bond donors (Lipinski definition) is 1. The van der Waals surface area contributed by atoms with Gasteiger partial charge in [0.25, 0.3) is 0 Å². The minimum Gasteiger partial charge on any atom is -0.464 e. The van der Waals surface area contributed by atoms with Crippen molar-refractivity contribution in [1.82, 2.24) is 0 Å². The third-order valence-corrected chi connectivity index (χ3v) is 2.64. The molecule has 0 amide bonds.